The van der Waals surface area contributed by atoms with Crippen molar-refractivity contribution in [2.24, 2.45) is 7.05 Å². The van der Waals surface area contributed by atoms with Crippen molar-refractivity contribution in [2.45, 2.75) is 6.32 Å². The molecule has 1 N–H and O–H groups in total. The molecule has 12 heavy (non-hydrogen) atoms. The van der Waals surface area contributed by atoms with Crippen molar-refractivity contribution in [3.63, 3.8) is 0 Å². The average Bonchev–Trinajstić information content (AvgIpc) is 2.29. The Morgan fingerprint density at radius 1 is 1.83 bits per heavy atom. The molecular weight excluding hydrogens is 161 g/mol. The second kappa shape index (κ2) is 2.84. The first-order chi connectivity index (χ1) is 5.57. The van der Waals surface area contributed by atoms with E-state index in [2.05, 4.69) is 4.98 Å². The molecule has 6 nitrogen and oxygen atoms in total. The van der Waals surface area contributed by atoms with Gasteiger partial charge in [0.1, 0.15) is 13.5 Å². The summed E-state index contributed by atoms with van der Waals surface area (Å²) in [5, 5.41) is 19.4. The lowest BCUT2D eigenvalue weighted by Gasteiger charge is -1.95. The van der Waals surface area contributed by atoms with Gasteiger partial charge < -0.3 is 15.2 Å². The highest BCUT2D eigenvalue weighted by atomic mass is 16.6. The Labute approximate surface area is 69.4 Å². The van der Waals surface area contributed by atoms with Crippen molar-refractivity contribution in [1.29, 1.82) is 0 Å². The first-order valence-electron chi connectivity index (χ1n) is 3.46. The van der Waals surface area contributed by atoms with Gasteiger partial charge in [-0.3, -0.25) is 4.57 Å². The third-order valence-electron chi connectivity index (χ3n) is 1.68. The van der Waals surface area contributed by atoms with Gasteiger partial charge in [-0.1, -0.05) is 0 Å². The van der Waals surface area contributed by atoms with Crippen LogP contribution >= 0.6 is 0 Å². The monoisotopic (exact) mass is 169 g/mol. The first-order valence-corrected chi connectivity index (χ1v) is 3.46. The molecule has 0 amide bonds. The molecule has 1 aromatic rings. The average molecular weight is 169 g/mol. The maximum Gasteiger partial charge on any atom is 0.411 e. The van der Waals surface area contributed by atoms with E-state index >= 15 is 0 Å². The minimum atomic E-state index is -0.599. The molecule has 0 fully saturated rings. The molecule has 1 rings (SSSR count). The third-order valence-corrected chi connectivity index (χ3v) is 1.68. The number of imidazole rings is 1. The van der Waals surface area contributed by atoms with Crippen molar-refractivity contribution in [1.82, 2.24) is 9.55 Å². The summed E-state index contributed by atoms with van der Waals surface area (Å²) in [6.07, 6.45) is 0.473. The molecule has 0 spiro atoms. The number of nitro groups is 1. The number of hydrogen-bond acceptors (Lipinski definition) is 4. The normalized spacial score (nSPS) is 10.1. The van der Waals surface area contributed by atoms with Gasteiger partial charge in [0.25, 0.3) is 0 Å². The highest BCUT2D eigenvalue weighted by molar-refractivity contribution is 6.08. The maximum atomic E-state index is 10.4. The maximum absolute atomic E-state index is 10.4. The van der Waals surface area contributed by atoms with Crippen LogP contribution in [0.1, 0.15) is 5.69 Å². The number of rotatable bonds is 2. The summed E-state index contributed by atoms with van der Waals surface area (Å²) in [7, 11) is 3.30. The summed E-state index contributed by atoms with van der Waals surface area (Å²) >= 11 is 0. The number of aromatic hydroxyl groups is 1. The molecular formula is C5H8BN3O3. The molecule has 0 bridgehead atoms. The molecule has 64 valence electrons. The smallest absolute Gasteiger partial charge is 0.411 e. The summed E-state index contributed by atoms with van der Waals surface area (Å²) in [4.78, 5) is 13.2. The lowest BCUT2D eigenvalue weighted by Crippen LogP contribution is -1.99. The van der Waals surface area contributed by atoms with Crippen molar-refractivity contribution in [2.75, 3.05) is 0 Å². The van der Waals surface area contributed by atoms with Crippen LogP contribution in [0.25, 0.3) is 0 Å². The zero-order valence-corrected chi connectivity index (χ0v) is 6.81. The van der Waals surface area contributed by atoms with Crippen molar-refractivity contribution < 1.29 is 10.0 Å². The molecule has 0 saturated heterocycles. The molecule has 0 atom stereocenters. The van der Waals surface area contributed by atoms with E-state index < -0.39 is 4.92 Å². The van der Waals surface area contributed by atoms with Crippen LogP contribution in [0.3, 0.4) is 0 Å². The van der Waals surface area contributed by atoms with Crippen LogP contribution in [0.4, 0.5) is 5.82 Å². The molecule has 0 radical (unpaired) electrons. The zero-order chi connectivity index (χ0) is 9.30. The van der Waals surface area contributed by atoms with Crippen LogP contribution in [0.5, 0.6) is 6.01 Å². The van der Waals surface area contributed by atoms with Crippen molar-refractivity contribution in [3.05, 3.63) is 15.8 Å². The number of hydrogen-bond donors (Lipinski definition) is 1. The Morgan fingerprint density at radius 3 is 2.75 bits per heavy atom. The van der Waals surface area contributed by atoms with E-state index in [1.165, 1.54) is 11.6 Å². The molecule has 0 aliphatic heterocycles. The molecule has 0 aromatic carbocycles. The third kappa shape index (κ3) is 1.13. The molecule has 0 aliphatic carbocycles. The van der Waals surface area contributed by atoms with E-state index in [4.69, 9.17) is 5.11 Å². The summed E-state index contributed by atoms with van der Waals surface area (Å²) in [6, 6.07) is -0.321. The lowest BCUT2D eigenvalue weighted by molar-refractivity contribution is -0.390. The fraction of sp³-hybridized carbons (Fsp3) is 0.400. The molecule has 1 heterocycles. The van der Waals surface area contributed by atoms with Crippen molar-refractivity contribution >= 4 is 13.7 Å². The van der Waals surface area contributed by atoms with Gasteiger partial charge >= 0.3 is 11.8 Å². The van der Waals surface area contributed by atoms with E-state index in [0.717, 1.165) is 0 Å². The second-order valence-electron chi connectivity index (χ2n) is 2.35. The largest absolute Gasteiger partial charge is 0.461 e. The summed E-state index contributed by atoms with van der Waals surface area (Å²) < 4.78 is 1.30. The minimum absolute atomic E-state index is 0.266. The highest BCUT2D eigenvalue weighted by Crippen LogP contribution is 2.21. The predicted molar refractivity (Wildman–Crippen MR) is 43.8 cm³/mol. The summed E-state index contributed by atoms with van der Waals surface area (Å²) in [6.45, 7) is 0. The van der Waals surface area contributed by atoms with Gasteiger partial charge in [0.05, 0.1) is 0 Å². The Hall–Kier alpha value is -1.53. The summed E-state index contributed by atoms with van der Waals surface area (Å²) in [5.74, 6) is -0.266. The molecule has 0 unspecified atom stereocenters. The standard InChI is InChI=1S/C5H8BN3O3/c1-8-3(2-6)4(9(11)12)7-5(8)10/h2,6H2,1H3,(H,7,10). The van der Waals surface area contributed by atoms with Gasteiger partial charge in [-0.05, 0) is 11.2 Å². The second-order valence-corrected chi connectivity index (χ2v) is 2.35. The van der Waals surface area contributed by atoms with Gasteiger partial charge in [-0.25, -0.2) is 0 Å². The Bertz CT molecular complexity index is 322. The summed E-state index contributed by atoms with van der Waals surface area (Å²) in [5.41, 5.74) is 0.428. The quantitative estimate of drug-likeness (QED) is 0.355. The highest BCUT2D eigenvalue weighted by Gasteiger charge is 2.23. The van der Waals surface area contributed by atoms with Gasteiger partial charge in [-0.15, -0.1) is 0 Å². The fourth-order valence-corrected chi connectivity index (χ4v) is 1.05. The Morgan fingerprint density at radius 2 is 2.42 bits per heavy atom. The predicted octanol–water partition coefficient (Wildman–Crippen LogP) is -0.833. The Kier molecular flexibility index (Phi) is 2.03. The Balaban J connectivity index is 3.29. The van der Waals surface area contributed by atoms with Crippen LogP contribution in [0.2, 0.25) is 0 Å². The van der Waals surface area contributed by atoms with E-state index in [9.17, 15) is 10.1 Å². The first kappa shape index (κ1) is 8.57. The van der Waals surface area contributed by atoms with E-state index in [-0.39, 0.29) is 11.8 Å². The topological polar surface area (TPSA) is 81.2 Å². The van der Waals surface area contributed by atoms with E-state index in [1.807, 2.05) is 0 Å². The van der Waals surface area contributed by atoms with Gasteiger partial charge in [-0.2, -0.15) is 0 Å². The van der Waals surface area contributed by atoms with Crippen LogP contribution in [-0.2, 0) is 13.4 Å². The van der Waals surface area contributed by atoms with Crippen LogP contribution in [0, 0.1) is 10.1 Å². The van der Waals surface area contributed by atoms with Crippen LogP contribution < -0.4 is 0 Å². The molecule has 1 aromatic heterocycles. The SMILES string of the molecule is BCc1c([N+](=O)[O-])nc(O)n1C. The molecule has 7 heteroatoms. The van der Waals surface area contributed by atoms with Gasteiger partial charge in [0.2, 0.25) is 0 Å². The molecule has 0 aliphatic rings. The van der Waals surface area contributed by atoms with Gasteiger partial charge in [0, 0.05) is 12.0 Å². The zero-order valence-electron chi connectivity index (χ0n) is 6.81. The van der Waals surface area contributed by atoms with Crippen LogP contribution in [0.15, 0.2) is 0 Å². The van der Waals surface area contributed by atoms with Gasteiger partial charge in [0.15, 0.2) is 0 Å². The minimum Gasteiger partial charge on any atom is -0.461 e. The fourth-order valence-electron chi connectivity index (χ4n) is 1.05. The van der Waals surface area contributed by atoms with Crippen molar-refractivity contribution in [3.8, 4) is 6.01 Å². The number of nitrogens with zero attached hydrogens (tertiary/aromatic N) is 3. The molecule has 0 saturated carbocycles. The van der Waals surface area contributed by atoms with E-state index in [0.29, 0.717) is 12.0 Å². The van der Waals surface area contributed by atoms with Crippen LogP contribution in [-0.4, -0.2) is 27.4 Å². The van der Waals surface area contributed by atoms with E-state index in [1.54, 1.807) is 7.85 Å². The lowest BCUT2D eigenvalue weighted by atomic mass is 10.0. The number of aromatic nitrogens is 2.